The lowest BCUT2D eigenvalue weighted by molar-refractivity contribution is 0.102. The summed E-state index contributed by atoms with van der Waals surface area (Å²) < 4.78 is 17.9. The Morgan fingerprint density at radius 1 is 1.26 bits per heavy atom. The molecule has 0 radical (unpaired) electrons. The highest BCUT2D eigenvalue weighted by Gasteiger charge is 2.20. The van der Waals surface area contributed by atoms with Crippen molar-refractivity contribution in [3.63, 3.8) is 0 Å². The molecule has 1 N–H and O–H groups in total. The summed E-state index contributed by atoms with van der Waals surface area (Å²) >= 11 is 0. The van der Waals surface area contributed by atoms with Crippen molar-refractivity contribution in [2.24, 2.45) is 0 Å². The summed E-state index contributed by atoms with van der Waals surface area (Å²) in [7, 11) is 1.59. The summed E-state index contributed by atoms with van der Waals surface area (Å²) in [6.45, 7) is 4.74. The molecule has 160 valence electrons. The number of nitrogens with zero attached hydrogens (tertiary/aromatic N) is 4. The van der Waals surface area contributed by atoms with Gasteiger partial charge in [-0.25, -0.2) is 14.6 Å². The van der Waals surface area contributed by atoms with Gasteiger partial charge < -0.3 is 19.2 Å². The maximum absolute atomic E-state index is 13.3. The van der Waals surface area contributed by atoms with Crippen molar-refractivity contribution in [2.75, 3.05) is 25.6 Å². The molecule has 31 heavy (non-hydrogen) atoms. The molecule has 4 aromatic heterocycles. The second kappa shape index (κ2) is 8.97. The topological polar surface area (TPSA) is 104 Å². The van der Waals surface area contributed by atoms with Gasteiger partial charge in [0, 0.05) is 19.3 Å². The highest BCUT2D eigenvalue weighted by Crippen LogP contribution is 2.28. The van der Waals surface area contributed by atoms with Crippen molar-refractivity contribution in [3.8, 4) is 17.3 Å². The Balaban J connectivity index is 1.73. The Labute approximate surface area is 179 Å². The summed E-state index contributed by atoms with van der Waals surface area (Å²) in [4.78, 5) is 22.2. The number of aromatic nitrogens is 4. The number of ether oxygens (including phenoxy) is 2. The quantitative estimate of drug-likeness (QED) is 0.430. The van der Waals surface area contributed by atoms with E-state index < -0.39 is 0 Å². The molecule has 9 heteroatoms. The van der Waals surface area contributed by atoms with Crippen LogP contribution in [0.25, 0.3) is 22.5 Å². The summed E-state index contributed by atoms with van der Waals surface area (Å²) in [5.74, 6) is 0.563. The number of anilines is 1. The average Bonchev–Trinajstić information content (AvgIpc) is 3.44. The molecule has 4 aromatic rings. The molecule has 9 nitrogen and oxygen atoms in total. The fourth-order valence-electron chi connectivity index (χ4n) is 3.15. The van der Waals surface area contributed by atoms with Crippen LogP contribution in [0.2, 0.25) is 0 Å². The van der Waals surface area contributed by atoms with E-state index in [4.69, 9.17) is 18.9 Å². The van der Waals surface area contributed by atoms with Crippen molar-refractivity contribution < 1.29 is 18.7 Å². The minimum Gasteiger partial charge on any atom is -0.474 e. The van der Waals surface area contributed by atoms with Crippen molar-refractivity contribution >= 4 is 22.6 Å². The van der Waals surface area contributed by atoms with Crippen molar-refractivity contribution in [1.29, 1.82) is 0 Å². The minimum absolute atomic E-state index is 0.0758. The number of carbonyl (C=O) groups is 1. The van der Waals surface area contributed by atoms with Crippen LogP contribution in [0.15, 0.2) is 53.4 Å². The van der Waals surface area contributed by atoms with E-state index in [1.54, 1.807) is 60.8 Å². The number of hydrogen-bond donors (Lipinski definition) is 1. The Morgan fingerprint density at radius 2 is 2.13 bits per heavy atom. The van der Waals surface area contributed by atoms with Crippen LogP contribution in [-0.4, -0.2) is 46.0 Å². The third-order valence-corrected chi connectivity index (χ3v) is 4.62. The maximum atomic E-state index is 13.3. The van der Waals surface area contributed by atoms with Crippen LogP contribution in [0.3, 0.4) is 0 Å². The van der Waals surface area contributed by atoms with Crippen LogP contribution in [0.4, 0.5) is 5.69 Å². The molecular formula is C22H23N5O4. The molecule has 0 bridgehead atoms. The van der Waals surface area contributed by atoms with E-state index in [1.807, 2.05) is 13.8 Å². The largest absolute Gasteiger partial charge is 0.474 e. The first kappa shape index (κ1) is 20.5. The van der Waals surface area contributed by atoms with E-state index >= 15 is 0 Å². The molecule has 0 spiro atoms. The molecule has 0 fully saturated rings. The molecule has 4 heterocycles. The summed E-state index contributed by atoms with van der Waals surface area (Å²) in [6.07, 6.45) is 4.83. The van der Waals surface area contributed by atoms with Crippen LogP contribution in [0.5, 0.6) is 5.88 Å². The van der Waals surface area contributed by atoms with E-state index in [1.165, 1.54) is 0 Å². The van der Waals surface area contributed by atoms with Crippen LogP contribution in [0, 0.1) is 0 Å². The van der Waals surface area contributed by atoms with Crippen LogP contribution in [-0.2, 0) is 4.74 Å². The first-order valence-corrected chi connectivity index (χ1v) is 9.88. The van der Waals surface area contributed by atoms with Crippen molar-refractivity contribution in [1.82, 2.24) is 19.7 Å². The Kier molecular flexibility index (Phi) is 5.94. The second-order valence-electron chi connectivity index (χ2n) is 7.10. The monoisotopic (exact) mass is 421 g/mol. The fraction of sp³-hybridized carbons (Fsp3) is 0.273. The number of amides is 1. The minimum atomic E-state index is -0.326. The molecule has 0 saturated heterocycles. The lowest BCUT2D eigenvalue weighted by atomic mass is 10.1. The van der Waals surface area contributed by atoms with Crippen LogP contribution in [0.1, 0.15) is 30.2 Å². The number of furan rings is 1. The van der Waals surface area contributed by atoms with Crippen LogP contribution >= 0.6 is 0 Å². The zero-order chi connectivity index (χ0) is 21.8. The SMILES string of the molecule is COCCOc1ncccc1NC(=O)c1cc(-c2ccco2)nc2c1cnn2C(C)C. The number of methoxy groups -OCH3 is 1. The highest BCUT2D eigenvalue weighted by atomic mass is 16.5. The molecule has 0 aliphatic carbocycles. The van der Waals surface area contributed by atoms with Gasteiger partial charge in [0.1, 0.15) is 18.0 Å². The predicted octanol–water partition coefficient (Wildman–Crippen LogP) is 3.94. The Morgan fingerprint density at radius 3 is 2.87 bits per heavy atom. The molecule has 0 aliphatic heterocycles. The fourth-order valence-corrected chi connectivity index (χ4v) is 3.15. The Hall–Kier alpha value is -3.72. The zero-order valence-corrected chi connectivity index (χ0v) is 17.5. The number of pyridine rings is 2. The van der Waals surface area contributed by atoms with E-state index in [9.17, 15) is 4.79 Å². The van der Waals surface area contributed by atoms with Crippen molar-refractivity contribution in [2.45, 2.75) is 19.9 Å². The average molecular weight is 421 g/mol. The van der Waals surface area contributed by atoms with E-state index in [0.29, 0.717) is 52.8 Å². The molecule has 4 rings (SSSR count). The molecule has 0 unspecified atom stereocenters. The number of hydrogen-bond acceptors (Lipinski definition) is 7. The number of nitrogens with one attached hydrogen (secondary N) is 1. The van der Waals surface area contributed by atoms with Gasteiger partial charge in [-0.1, -0.05) is 0 Å². The molecular weight excluding hydrogens is 398 g/mol. The summed E-state index contributed by atoms with van der Waals surface area (Å²) in [5, 5.41) is 7.97. The number of rotatable bonds is 8. The van der Waals surface area contributed by atoms with Crippen LogP contribution < -0.4 is 10.1 Å². The van der Waals surface area contributed by atoms with Crippen molar-refractivity contribution in [3.05, 3.63) is 54.6 Å². The Bertz CT molecular complexity index is 1180. The molecule has 0 saturated carbocycles. The van der Waals surface area contributed by atoms with Gasteiger partial charge in [-0.05, 0) is 44.2 Å². The predicted molar refractivity (Wildman–Crippen MR) is 115 cm³/mol. The van der Waals surface area contributed by atoms with Gasteiger partial charge in [0.05, 0.1) is 30.0 Å². The van der Waals surface area contributed by atoms with E-state index in [-0.39, 0.29) is 11.9 Å². The van der Waals surface area contributed by atoms with Gasteiger partial charge in [0.25, 0.3) is 5.91 Å². The van der Waals surface area contributed by atoms with E-state index in [0.717, 1.165) is 0 Å². The smallest absolute Gasteiger partial charge is 0.256 e. The van der Waals surface area contributed by atoms with Gasteiger partial charge in [-0.3, -0.25) is 4.79 Å². The number of carbonyl (C=O) groups excluding carboxylic acids is 1. The highest BCUT2D eigenvalue weighted by molar-refractivity contribution is 6.12. The molecule has 0 atom stereocenters. The lowest BCUT2D eigenvalue weighted by Crippen LogP contribution is -2.15. The van der Waals surface area contributed by atoms with E-state index in [2.05, 4.69) is 15.4 Å². The maximum Gasteiger partial charge on any atom is 0.256 e. The summed E-state index contributed by atoms with van der Waals surface area (Å²) in [5.41, 5.74) is 2.05. The first-order chi connectivity index (χ1) is 15.1. The lowest BCUT2D eigenvalue weighted by Gasteiger charge is -2.12. The second-order valence-corrected chi connectivity index (χ2v) is 7.10. The molecule has 1 amide bonds. The number of fused-ring (bicyclic) bond motifs is 1. The van der Waals surface area contributed by atoms with Gasteiger partial charge >= 0.3 is 0 Å². The van der Waals surface area contributed by atoms with Gasteiger partial charge in [0.15, 0.2) is 11.4 Å². The summed E-state index contributed by atoms with van der Waals surface area (Å²) in [6, 6.07) is 8.81. The third-order valence-electron chi connectivity index (χ3n) is 4.62. The standard InChI is InChI=1S/C22H23N5O4/c1-14(2)27-20-16(13-24-27)15(12-18(25-20)19-7-5-9-30-19)21(28)26-17-6-4-8-23-22(17)31-11-10-29-3/h4-9,12-14H,10-11H2,1-3H3,(H,26,28). The molecule has 0 aromatic carbocycles. The van der Waals surface area contributed by atoms with Gasteiger partial charge in [-0.2, -0.15) is 5.10 Å². The third kappa shape index (κ3) is 4.26. The molecule has 0 aliphatic rings. The zero-order valence-electron chi connectivity index (χ0n) is 17.5. The normalized spacial score (nSPS) is 11.2. The van der Waals surface area contributed by atoms with Gasteiger partial charge in [0.2, 0.25) is 5.88 Å². The van der Waals surface area contributed by atoms with Gasteiger partial charge in [-0.15, -0.1) is 0 Å². The first-order valence-electron chi connectivity index (χ1n) is 9.88.